The molecule has 1 heterocycles. The maximum Gasteiger partial charge on any atom is 0.255 e. The first-order valence-corrected chi connectivity index (χ1v) is 7.12. The fraction of sp³-hybridized carbons (Fsp3) is 0.125. The molecular formula is C16H14ClN3O. The van der Waals surface area contributed by atoms with Crippen LogP contribution in [-0.2, 0) is 5.88 Å². The molecule has 3 aromatic rings. The van der Waals surface area contributed by atoms with Gasteiger partial charge in [0.2, 0.25) is 0 Å². The molecule has 0 unspecified atom stereocenters. The molecule has 3 rings (SSSR count). The van der Waals surface area contributed by atoms with Gasteiger partial charge in [0.1, 0.15) is 5.82 Å². The second kappa shape index (κ2) is 5.58. The van der Waals surface area contributed by atoms with Crippen LogP contribution in [0.5, 0.6) is 0 Å². The van der Waals surface area contributed by atoms with Crippen molar-refractivity contribution >= 4 is 34.2 Å². The first-order chi connectivity index (χ1) is 10.2. The molecule has 2 aromatic carbocycles. The van der Waals surface area contributed by atoms with Crippen molar-refractivity contribution in [3.05, 3.63) is 59.4 Å². The molecule has 5 heteroatoms. The molecule has 2 N–H and O–H groups in total. The highest BCUT2D eigenvalue weighted by atomic mass is 35.5. The van der Waals surface area contributed by atoms with E-state index < -0.39 is 0 Å². The zero-order valence-electron chi connectivity index (χ0n) is 11.5. The summed E-state index contributed by atoms with van der Waals surface area (Å²) in [7, 11) is 0. The molecule has 0 saturated heterocycles. The van der Waals surface area contributed by atoms with E-state index in [-0.39, 0.29) is 5.91 Å². The molecule has 0 saturated carbocycles. The number of aryl methyl sites for hydroxylation is 1. The summed E-state index contributed by atoms with van der Waals surface area (Å²) in [4.78, 5) is 19.7. The number of imidazole rings is 1. The van der Waals surface area contributed by atoms with Crippen LogP contribution in [0.25, 0.3) is 11.0 Å². The van der Waals surface area contributed by atoms with Gasteiger partial charge < -0.3 is 10.3 Å². The Labute approximate surface area is 127 Å². The number of H-pyrrole nitrogens is 1. The molecule has 4 nitrogen and oxygen atoms in total. The highest BCUT2D eigenvalue weighted by molar-refractivity contribution is 6.17. The lowest BCUT2D eigenvalue weighted by molar-refractivity contribution is 0.102. The van der Waals surface area contributed by atoms with Gasteiger partial charge in [-0.2, -0.15) is 0 Å². The molecule has 1 aromatic heterocycles. The zero-order chi connectivity index (χ0) is 14.8. The summed E-state index contributed by atoms with van der Waals surface area (Å²) >= 11 is 5.79. The lowest BCUT2D eigenvalue weighted by Gasteiger charge is -2.06. The van der Waals surface area contributed by atoms with Crippen LogP contribution in [-0.4, -0.2) is 15.9 Å². The predicted octanol–water partition coefficient (Wildman–Crippen LogP) is 3.86. The third kappa shape index (κ3) is 2.90. The van der Waals surface area contributed by atoms with Gasteiger partial charge in [-0.1, -0.05) is 12.1 Å². The van der Waals surface area contributed by atoms with Crippen molar-refractivity contribution in [2.24, 2.45) is 0 Å². The van der Waals surface area contributed by atoms with Crippen molar-refractivity contribution in [2.45, 2.75) is 12.8 Å². The number of carbonyl (C=O) groups is 1. The van der Waals surface area contributed by atoms with Crippen LogP contribution in [0.1, 0.15) is 21.7 Å². The van der Waals surface area contributed by atoms with Crippen LogP contribution < -0.4 is 5.32 Å². The number of hydrogen-bond donors (Lipinski definition) is 2. The lowest BCUT2D eigenvalue weighted by Crippen LogP contribution is -2.11. The Morgan fingerprint density at radius 3 is 2.95 bits per heavy atom. The smallest absolute Gasteiger partial charge is 0.255 e. The van der Waals surface area contributed by atoms with Gasteiger partial charge in [-0.3, -0.25) is 4.79 Å². The van der Waals surface area contributed by atoms with Crippen LogP contribution in [0.4, 0.5) is 5.69 Å². The molecule has 1 amide bonds. The second-order valence-electron chi connectivity index (χ2n) is 4.84. The van der Waals surface area contributed by atoms with E-state index in [1.165, 1.54) is 0 Å². The van der Waals surface area contributed by atoms with E-state index in [4.69, 9.17) is 11.6 Å². The first-order valence-electron chi connectivity index (χ1n) is 6.58. The summed E-state index contributed by atoms with van der Waals surface area (Å²) in [5.74, 6) is 1.08. The molecule has 0 spiro atoms. The number of benzene rings is 2. The average molecular weight is 300 g/mol. The van der Waals surface area contributed by atoms with E-state index in [2.05, 4.69) is 15.3 Å². The Bertz CT molecular complexity index is 810. The maximum absolute atomic E-state index is 12.2. The summed E-state index contributed by atoms with van der Waals surface area (Å²) in [5, 5.41) is 2.88. The van der Waals surface area contributed by atoms with Crippen molar-refractivity contribution in [1.82, 2.24) is 9.97 Å². The van der Waals surface area contributed by atoms with Crippen LogP contribution in [0.2, 0.25) is 0 Å². The minimum Gasteiger partial charge on any atom is -0.342 e. The molecule has 106 valence electrons. The van der Waals surface area contributed by atoms with Gasteiger partial charge in [-0.05, 0) is 42.8 Å². The van der Waals surface area contributed by atoms with Gasteiger partial charge in [-0.25, -0.2) is 4.98 Å². The molecule has 0 bridgehead atoms. The number of aromatic amines is 1. The Kier molecular flexibility index (Phi) is 3.62. The monoisotopic (exact) mass is 299 g/mol. The van der Waals surface area contributed by atoms with Crippen molar-refractivity contribution in [3.63, 3.8) is 0 Å². The van der Waals surface area contributed by atoms with Crippen molar-refractivity contribution < 1.29 is 4.79 Å². The quantitative estimate of drug-likeness (QED) is 0.721. The largest absolute Gasteiger partial charge is 0.342 e. The van der Waals surface area contributed by atoms with E-state index >= 15 is 0 Å². The van der Waals surface area contributed by atoms with E-state index in [1.807, 2.05) is 37.3 Å². The number of fused-ring (bicyclic) bond motifs is 1. The van der Waals surface area contributed by atoms with Crippen molar-refractivity contribution in [3.8, 4) is 0 Å². The first kappa shape index (κ1) is 13.6. The standard InChI is InChI=1S/C16H14ClN3O/c1-10-18-14-6-5-13(8-15(14)19-10)20-16(21)12-4-2-3-11(7-12)9-17/h2-8H,9H2,1H3,(H,18,19)(H,20,21). The number of amides is 1. The number of rotatable bonds is 3. The highest BCUT2D eigenvalue weighted by Crippen LogP contribution is 2.18. The minimum absolute atomic E-state index is 0.155. The normalized spacial score (nSPS) is 10.8. The van der Waals surface area contributed by atoms with Gasteiger partial charge >= 0.3 is 0 Å². The molecule has 21 heavy (non-hydrogen) atoms. The van der Waals surface area contributed by atoms with Gasteiger partial charge in [0.05, 0.1) is 11.0 Å². The summed E-state index contributed by atoms with van der Waals surface area (Å²) in [6.45, 7) is 1.90. The van der Waals surface area contributed by atoms with Crippen LogP contribution >= 0.6 is 11.6 Å². The fourth-order valence-electron chi connectivity index (χ4n) is 2.21. The molecule has 0 aliphatic rings. The van der Waals surface area contributed by atoms with E-state index in [1.54, 1.807) is 12.1 Å². The number of carbonyl (C=O) groups excluding carboxylic acids is 1. The molecular weight excluding hydrogens is 286 g/mol. The molecule has 0 fully saturated rings. The van der Waals surface area contributed by atoms with Crippen molar-refractivity contribution in [1.29, 1.82) is 0 Å². The number of aromatic nitrogens is 2. The molecule has 0 radical (unpaired) electrons. The van der Waals surface area contributed by atoms with Gasteiger partial charge in [0, 0.05) is 17.1 Å². The van der Waals surface area contributed by atoms with Gasteiger partial charge in [0.15, 0.2) is 0 Å². The third-order valence-corrected chi connectivity index (χ3v) is 3.51. The minimum atomic E-state index is -0.155. The maximum atomic E-state index is 12.2. The fourth-order valence-corrected chi connectivity index (χ4v) is 2.38. The highest BCUT2D eigenvalue weighted by Gasteiger charge is 2.08. The van der Waals surface area contributed by atoms with Gasteiger partial charge in [-0.15, -0.1) is 11.6 Å². The second-order valence-corrected chi connectivity index (χ2v) is 5.11. The number of nitrogens with one attached hydrogen (secondary N) is 2. The zero-order valence-corrected chi connectivity index (χ0v) is 12.2. The van der Waals surface area contributed by atoms with Crippen LogP contribution in [0.15, 0.2) is 42.5 Å². The van der Waals surface area contributed by atoms with Gasteiger partial charge in [0.25, 0.3) is 5.91 Å². The molecule has 0 aliphatic heterocycles. The number of hydrogen-bond acceptors (Lipinski definition) is 2. The third-order valence-electron chi connectivity index (χ3n) is 3.20. The number of anilines is 1. The Morgan fingerprint density at radius 1 is 1.29 bits per heavy atom. The summed E-state index contributed by atoms with van der Waals surface area (Å²) < 4.78 is 0. The van der Waals surface area contributed by atoms with Crippen LogP contribution in [0.3, 0.4) is 0 Å². The average Bonchev–Trinajstić information content (AvgIpc) is 2.86. The van der Waals surface area contributed by atoms with Crippen LogP contribution in [0, 0.1) is 6.92 Å². The topological polar surface area (TPSA) is 57.8 Å². The Balaban J connectivity index is 1.84. The number of alkyl halides is 1. The predicted molar refractivity (Wildman–Crippen MR) is 84.8 cm³/mol. The lowest BCUT2D eigenvalue weighted by atomic mass is 10.1. The van der Waals surface area contributed by atoms with Crippen molar-refractivity contribution in [2.75, 3.05) is 5.32 Å². The SMILES string of the molecule is Cc1nc2ccc(NC(=O)c3cccc(CCl)c3)cc2[nH]1. The Morgan fingerprint density at radius 2 is 2.14 bits per heavy atom. The number of halogens is 1. The summed E-state index contributed by atoms with van der Waals surface area (Å²) in [6, 6.07) is 12.9. The summed E-state index contributed by atoms with van der Waals surface area (Å²) in [6.07, 6.45) is 0. The Hall–Kier alpha value is -2.33. The molecule has 0 aliphatic carbocycles. The van der Waals surface area contributed by atoms with E-state index in [0.29, 0.717) is 11.4 Å². The van der Waals surface area contributed by atoms with E-state index in [0.717, 1.165) is 28.1 Å². The van der Waals surface area contributed by atoms with E-state index in [9.17, 15) is 4.79 Å². The number of nitrogens with zero attached hydrogens (tertiary/aromatic N) is 1. The summed E-state index contributed by atoms with van der Waals surface area (Å²) in [5.41, 5.74) is 4.03. The molecule has 0 atom stereocenters.